The first-order valence-electron chi connectivity index (χ1n) is 3.92. The van der Waals surface area contributed by atoms with Gasteiger partial charge in [-0.1, -0.05) is 15.9 Å². The van der Waals surface area contributed by atoms with Crippen LogP contribution in [0.2, 0.25) is 0 Å². The van der Waals surface area contributed by atoms with Crippen LogP contribution in [0.15, 0.2) is 35.5 Å². The van der Waals surface area contributed by atoms with Gasteiger partial charge in [-0.25, -0.2) is 0 Å². The van der Waals surface area contributed by atoms with Crippen LogP contribution < -0.4 is 0 Å². The van der Waals surface area contributed by atoms with Crippen LogP contribution in [0.3, 0.4) is 0 Å². The van der Waals surface area contributed by atoms with E-state index in [2.05, 4.69) is 69.8 Å². The molecule has 0 spiro atoms. The minimum Gasteiger partial charge on any atom is -0.453 e. The molecule has 1 unspecified atom stereocenters. The summed E-state index contributed by atoms with van der Waals surface area (Å²) in [5, 5.41) is 0. The third-order valence-electron chi connectivity index (χ3n) is 1.76. The van der Waals surface area contributed by atoms with Crippen molar-refractivity contribution in [1.29, 1.82) is 0 Å². The molecule has 2 aromatic heterocycles. The van der Waals surface area contributed by atoms with Crippen LogP contribution in [0, 0.1) is 0 Å². The molecular formula is C9H4Br4OS. The highest BCUT2D eigenvalue weighted by Gasteiger charge is 2.17. The highest BCUT2D eigenvalue weighted by atomic mass is 79.9. The number of hydrogen-bond donors (Lipinski definition) is 0. The van der Waals surface area contributed by atoms with E-state index in [9.17, 15) is 0 Å². The van der Waals surface area contributed by atoms with E-state index in [0.29, 0.717) is 0 Å². The molecule has 80 valence electrons. The molecule has 2 rings (SSSR count). The molecule has 2 heterocycles. The molecule has 0 radical (unpaired) electrons. The molecule has 15 heavy (non-hydrogen) atoms. The maximum atomic E-state index is 5.49. The first-order valence-corrected chi connectivity index (χ1v) is 8.03. The fourth-order valence-electron chi connectivity index (χ4n) is 1.09. The number of furan rings is 1. The largest absolute Gasteiger partial charge is 0.453 e. The third kappa shape index (κ3) is 2.77. The second-order valence-corrected chi connectivity index (χ2v) is 7.73. The molecule has 0 aliphatic carbocycles. The van der Waals surface area contributed by atoms with E-state index in [-0.39, 0.29) is 4.83 Å². The van der Waals surface area contributed by atoms with Gasteiger partial charge in [0.15, 0.2) is 4.67 Å². The molecule has 0 saturated heterocycles. The van der Waals surface area contributed by atoms with E-state index >= 15 is 0 Å². The Morgan fingerprint density at radius 2 is 1.93 bits per heavy atom. The van der Waals surface area contributed by atoms with Crippen LogP contribution in [0.5, 0.6) is 0 Å². The molecule has 0 bridgehead atoms. The first kappa shape index (κ1) is 12.4. The SMILES string of the molecule is Brc1ccc(C(Br)c2cc(Br)c(Br)s2)o1. The molecule has 0 aliphatic heterocycles. The zero-order chi connectivity index (χ0) is 11.0. The predicted octanol–water partition coefficient (Wildman–Crippen LogP) is 6.11. The Balaban J connectivity index is 2.31. The van der Waals surface area contributed by atoms with E-state index in [1.54, 1.807) is 11.3 Å². The fourth-order valence-corrected chi connectivity index (χ4v) is 4.15. The van der Waals surface area contributed by atoms with Gasteiger partial charge in [0.05, 0.1) is 3.79 Å². The summed E-state index contributed by atoms with van der Waals surface area (Å²) in [5.74, 6) is 0.892. The number of thiophene rings is 1. The number of halogens is 4. The molecule has 2 aromatic rings. The molecule has 0 fully saturated rings. The van der Waals surface area contributed by atoms with Gasteiger partial charge in [0.25, 0.3) is 0 Å². The lowest BCUT2D eigenvalue weighted by Crippen LogP contribution is -1.85. The van der Waals surface area contributed by atoms with Crippen molar-refractivity contribution >= 4 is 75.1 Å². The number of alkyl halides is 1. The van der Waals surface area contributed by atoms with Crippen LogP contribution in [0.25, 0.3) is 0 Å². The van der Waals surface area contributed by atoms with Crippen molar-refractivity contribution in [3.63, 3.8) is 0 Å². The summed E-state index contributed by atoms with van der Waals surface area (Å²) in [6, 6.07) is 5.91. The summed E-state index contributed by atoms with van der Waals surface area (Å²) in [6.45, 7) is 0. The van der Waals surface area contributed by atoms with Crippen molar-refractivity contribution in [3.8, 4) is 0 Å². The Morgan fingerprint density at radius 3 is 2.40 bits per heavy atom. The average Bonchev–Trinajstić information content (AvgIpc) is 2.74. The second kappa shape index (κ2) is 5.04. The van der Waals surface area contributed by atoms with Gasteiger partial charge >= 0.3 is 0 Å². The van der Waals surface area contributed by atoms with Crippen LogP contribution in [0.4, 0.5) is 0 Å². The molecule has 0 aromatic carbocycles. The van der Waals surface area contributed by atoms with Gasteiger partial charge in [-0.3, -0.25) is 0 Å². The van der Waals surface area contributed by atoms with E-state index in [1.165, 1.54) is 4.88 Å². The monoisotopic (exact) mass is 476 g/mol. The summed E-state index contributed by atoms with van der Waals surface area (Å²) in [7, 11) is 0. The quantitative estimate of drug-likeness (QED) is 0.474. The lowest BCUT2D eigenvalue weighted by Gasteiger charge is -2.02. The zero-order valence-corrected chi connectivity index (χ0v) is 14.3. The second-order valence-electron chi connectivity index (χ2n) is 2.77. The first-order chi connectivity index (χ1) is 7.08. The molecule has 0 saturated carbocycles. The van der Waals surface area contributed by atoms with Crippen molar-refractivity contribution in [2.24, 2.45) is 0 Å². The maximum Gasteiger partial charge on any atom is 0.169 e. The molecule has 0 amide bonds. The fraction of sp³-hybridized carbons (Fsp3) is 0.111. The van der Waals surface area contributed by atoms with Gasteiger partial charge in [-0.15, -0.1) is 11.3 Å². The topological polar surface area (TPSA) is 13.1 Å². The van der Waals surface area contributed by atoms with E-state index in [0.717, 1.165) is 18.7 Å². The molecular weight excluding hydrogens is 476 g/mol. The van der Waals surface area contributed by atoms with E-state index < -0.39 is 0 Å². The summed E-state index contributed by atoms with van der Waals surface area (Å²) >= 11 is 15.5. The Kier molecular flexibility index (Phi) is 4.15. The van der Waals surface area contributed by atoms with Crippen molar-refractivity contribution < 1.29 is 4.42 Å². The van der Waals surface area contributed by atoms with Crippen molar-refractivity contribution in [1.82, 2.24) is 0 Å². The highest BCUT2D eigenvalue weighted by molar-refractivity contribution is 9.13. The van der Waals surface area contributed by atoms with E-state index in [4.69, 9.17) is 4.42 Å². The Hall–Kier alpha value is 0.900. The molecule has 1 atom stereocenters. The lowest BCUT2D eigenvalue weighted by molar-refractivity contribution is 0.498. The minimum absolute atomic E-state index is 0.0939. The minimum atomic E-state index is 0.0939. The van der Waals surface area contributed by atoms with Crippen molar-refractivity contribution in [2.75, 3.05) is 0 Å². The van der Waals surface area contributed by atoms with Gasteiger partial charge in [-0.05, 0) is 66.0 Å². The summed E-state index contributed by atoms with van der Waals surface area (Å²) in [5.41, 5.74) is 0. The Labute approximate surface area is 125 Å². The van der Waals surface area contributed by atoms with Crippen molar-refractivity contribution in [2.45, 2.75) is 4.83 Å². The maximum absolute atomic E-state index is 5.49. The van der Waals surface area contributed by atoms with Gasteiger partial charge in [-0.2, -0.15) is 0 Å². The summed E-state index contributed by atoms with van der Waals surface area (Å²) < 4.78 is 8.40. The number of rotatable bonds is 2. The standard InChI is InChI=1S/C9H4Br4OS/c10-4-3-6(15-9(4)13)8(12)5-1-2-7(11)14-5/h1-3,8H. The summed E-state index contributed by atoms with van der Waals surface area (Å²) in [6.07, 6.45) is 0. The zero-order valence-electron chi connectivity index (χ0n) is 7.14. The van der Waals surface area contributed by atoms with Crippen LogP contribution >= 0.6 is 75.1 Å². The van der Waals surface area contributed by atoms with Crippen LogP contribution in [-0.4, -0.2) is 0 Å². The molecule has 6 heteroatoms. The van der Waals surface area contributed by atoms with Crippen LogP contribution in [-0.2, 0) is 0 Å². The van der Waals surface area contributed by atoms with Gasteiger partial charge < -0.3 is 4.42 Å². The average molecular weight is 480 g/mol. The van der Waals surface area contributed by atoms with E-state index in [1.807, 2.05) is 12.1 Å². The van der Waals surface area contributed by atoms with Gasteiger partial charge in [0.1, 0.15) is 10.6 Å². The Morgan fingerprint density at radius 1 is 1.20 bits per heavy atom. The highest BCUT2D eigenvalue weighted by Crippen LogP contribution is 2.41. The predicted molar refractivity (Wildman–Crippen MR) is 76.9 cm³/mol. The number of hydrogen-bond acceptors (Lipinski definition) is 2. The van der Waals surface area contributed by atoms with Gasteiger partial charge in [0, 0.05) is 9.35 Å². The molecule has 0 aliphatic rings. The molecule has 0 N–H and O–H groups in total. The smallest absolute Gasteiger partial charge is 0.169 e. The third-order valence-corrected chi connectivity index (χ3v) is 6.75. The lowest BCUT2D eigenvalue weighted by atomic mass is 10.3. The summed E-state index contributed by atoms with van der Waals surface area (Å²) in [4.78, 5) is 1.28. The Bertz CT molecular complexity index is 457. The van der Waals surface area contributed by atoms with Crippen LogP contribution in [0.1, 0.15) is 15.5 Å². The van der Waals surface area contributed by atoms with Gasteiger partial charge in [0.2, 0.25) is 0 Å². The normalized spacial score (nSPS) is 13.1. The van der Waals surface area contributed by atoms with Crippen molar-refractivity contribution in [3.05, 3.63) is 41.8 Å². The molecule has 1 nitrogen and oxygen atoms in total.